The van der Waals surface area contributed by atoms with Crippen LogP contribution < -0.4 is 9.64 Å². The van der Waals surface area contributed by atoms with Crippen LogP contribution in [0, 0.1) is 0 Å². The molecule has 1 aromatic carbocycles. The molecule has 30 heavy (non-hydrogen) atoms. The van der Waals surface area contributed by atoms with Crippen LogP contribution in [0.2, 0.25) is 0 Å². The molecule has 0 radical (unpaired) electrons. The largest absolute Gasteiger partial charge is 0.470 e. The summed E-state index contributed by atoms with van der Waals surface area (Å²) >= 11 is 0. The molecule has 0 aliphatic carbocycles. The van der Waals surface area contributed by atoms with E-state index in [0.717, 1.165) is 12.1 Å². The predicted octanol–water partition coefficient (Wildman–Crippen LogP) is 2.14. The number of ether oxygens (including phenoxy) is 1. The molecule has 4 rings (SSSR count). The highest BCUT2D eigenvalue weighted by molar-refractivity contribution is 5.53. The molecular weight excluding hydrogens is 405 g/mol. The highest BCUT2D eigenvalue weighted by atomic mass is 19.4. The number of nitrogens with zero attached hydrogens (tertiary/aromatic N) is 4. The van der Waals surface area contributed by atoms with Crippen LogP contribution in [0.15, 0.2) is 52.9 Å². The second-order valence-corrected chi connectivity index (χ2v) is 6.73. The third-order valence-electron chi connectivity index (χ3n) is 4.57. The number of pyridine rings is 1. The Morgan fingerprint density at radius 3 is 2.50 bits per heavy atom. The quantitative estimate of drug-likeness (QED) is 0.659. The fourth-order valence-electron chi connectivity index (χ4n) is 3.08. The maximum Gasteiger partial charge on any atom is 0.433 e. The van der Waals surface area contributed by atoms with Crippen LogP contribution in [0.25, 0.3) is 11.5 Å². The number of anilines is 1. The summed E-state index contributed by atoms with van der Waals surface area (Å²) in [4.78, 5) is 4.92. The van der Waals surface area contributed by atoms with Gasteiger partial charge in [-0.2, -0.15) is 13.2 Å². The topological polar surface area (TPSA) is 105 Å². The molecule has 0 bridgehead atoms. The van der Waals surface area contributed by atoms with Gasteiger partial charge in [0.05, 0.1) is 13.1 Å². The van der Waals surface area contributed by atoms with E-state index in [0.29, 0.717) is 5.56 Å². The molecule has 8 nitrogen and oxygen atoms in total. The summed E-state index contributed by atoms with van der Waals surface area (Å²) in [7, 11) is 0. The first-order valence-electron chi connectivity index (χ1n) is 9.02. The molecule has 0 saturated carbocycles. The molecule has 3 aromatic rings. The first kappa shape index (κ1) is 20.1. The molecule has 2 N–H and O–H groups in total. The van der Waals surface area contributed by atoms with Crippen molar-refractivity contribution in [1.29, 1.82) is 0 Å². The molecule has 1 aliphatic heterocycles. The van der Waals surface area contributed by atoms with Crippen LogP contribution in [0.5, 0.6) is 5.88 Å². The SMILES string of the molecule is O[C@@H]1[C@@H](Oc2cccc(C(F)(F)F)n2)CN(c2nnc(-c3ccccc3)o2)C[C@@H]1O. The van der Waals surface area contributed by atoms with E-state index in [-0.39, 0.29) is 30.9 Å². The Labute approximate surface area is 168 Å². The minimum Gasteiger partial charge on any atom is -0.470 e. The van der Waals surface area contributed by atoms with Crippen molar-refractivity contribution >= 4 is 6.01 Å². The van der Waals surface area contributed by atoms with Crippen molar-refractivity contribution in [1.82, 2.24) is 15.2 Å². The van der Waals surface area contributed by atoms with Gasteiger partial charge in [-0.1, -0.05) is 29.4 Å². The van der Waals surface area contributed by atoms with Gasteiger partial charge in [0, 0.05) is 11.6 Å². The minimum atomic E-state index is -4.63. The number of piperidine rings is 1. The summed E-state index contributed by atoms with van der Waals surface area (Å²) in [5.41, 5.74) is -0.415. The van der Waals surface area contributed by atoms with E-state index in [4.69, 9.17) is 9.15 Å². The van der Waals surface area contributed by atoms with Gasteiger partial charge in [-0.05, 0) is 18.2 Å². The molecule has 158 valence electrons. The van der Waals surface area contributed by atoms with E-state index >= 15 is 0 Å². The van der Waals surface area contributed by atoms with Gasteiger partial charge in [-0.25, -0.2) is 4.98 Å². The molecule has 1 fully saturated rings. The van der Waals surface area contributed by atoms with Crippen molar-refractivity contribution in [3.63, 3.8) is 0 Å². The molecule has 1 saturated heterocycles. The van der Waals surface area contributed by atoms with Gasteiger partial charge >= 0.3 is 12.2 Å². The first-order valence-corrected chi connectivity index (χ1v) is 9.02. The molecule has 2 aromatic heterocycles. The van der Waals surface area contributed by atoms with E-state index in [1.807, 2.05) is 18.2 Å². The van der Waals surface area contributed by atoms with Gasteiger partial charge < -0.3 is 24.3 Å². The van der Waals surface area contributed by atoms with Gasteiger partial charge in [0.2, 0.25) is 11.8 Å². The number of β-amino-alcohol motifs (C(OH)–C–C–N with tert-alkyl or cyclic N) is 1. The molecule has 11 heteroatoms. The third kappa shape index (κ3) is 4.21. The third-order valence-corrected chi connectivity index (χ3v) is 4.57. The summed E-state index contributed by atoms with van der Waals surface area (Å²) in [5, 5.41) is 28.4. The van der Waals surface area contributed by atoms with E-state index in [2.05, 4.69) is 15.2 Å². The lowest BCUT2D eigenvalue weighted by Gasteiger charge is -2.37. The lowest BCUT2D eigenvalue weighted by molar-refractivity contribution is -0.141. The normalized spacial score (nSPS) is 22.2. The van der Waals surface area contributed by atoms with Crippen LogP contribution in [-0.4, -0.2) is 56.8 Å². The summed E-state index contributed by atoms with van der Waals surface area (Å²) in [6.07, 6.45) is -8.29. The predicted molar refractivity (Wildman–Crippen MR) is 97.6 cm³/mol. The van der Waals surface area contributed by atoms with Crippen molar-refractivity contribution < 1.29 is 32.5 Å². The Morgan fingerprint density at radius 2 is 1.77 bits per heavy atom. The van der Waals surface area contributed by atoms with Crippen LogP contribution in [-0.2, 0) is 6.18 Å². The smallest absolute Gasteiger partial charge is 0.433 e. The summed E-state index contributed by atoms with van der Waals surface area (Å²) < 4.78 is 49.7. The second kappa shape index (κ2) is 7.92. The maximum absolute atomic E-state index is 12.9. The average Bonchev–Trinajstić information content (AvgIpc) is 3.22. The molecule has 0 spiro atoms. The summed E-state index contributed by atoms with van der Waals surface area (Å²) in [6.45, 7) is -0.0277. The van der Waals surface area contributed by atoms with Crippen molar-refractivity contribution in [3.05, 3.63) is 54.2 Å². The number of hydrogen-bond acceptors (Lipinski definition) is 8. The van der Waals surface area contributed by atoms with Gasteiger partial charge in [-0.15, -0.1) is 5.10 Å². The number of rotatable bonds is 4. The van der Waals surface area contributed by atoms with Crippen LogP contribution in [0.4, 0.5) is 19.2 Å². The molecule has 0 amide bonds. The number of benzene rings is 1. The number of alkyl halides is 3. The molecule has 3 atom stereocenters. The lowest BCUT2D eigenvalue weighted by atomic mass is 10.0. The van der Waals surface area contributed by atoms with E-state index in [1.54, 1.807) is 12.1 Å². The number of hydrogen-bond donors (Lipinski definition) is 2. The van der Waals surface area contributed by atoms with Crippen LogP contribution in [0.1, 0.15) is 5.69 Å². The zero-order valence-corrected chi connectivity index (χ0v) is 15.4. The Balaban J connectivity index is 1.52. The fourth-order valence-corrected chi connectivity index (χ4v) is 3.08. The van der Waals surface area contributed by atoms with Crippen molar-refractivity contribution in [2.75, 3.05) is 18.0 Å². The van der Waals surface area contributed by atoms with Gasteiger partial charge in [0.1, 0.15) is 24.0 Å². The maximum atomic E-state index is 12.9. The number of aliphatic hydroxyl groups excluding tert-OH is 2. The zero-order valence-electron chi connectivity index (χ0n) is 15.4. The van der Waals surface area contributed by atoms with E-state index < -0.39 is 30.2 Å². The van der Waals surface area contributed by atoms with Crippen molar-refractivity contribution in [2.24, 2.45) is 0 Å². The number of halogens is 3. The number of aromatic nitrogens is 3. The Kier molecular flexibility index (Phi) is 5.31. The van der Waals surface area contributed by atoms with Crippen LogP contribution in [0.3, 0.4) is 0 Å². The van der Waals surface area contributed by atoms with Gasteiger partial charge in [0.25, 0.3) is 0 Å². The lowest BCUT2D eigenvalue weighted by Crippen LogP contribution is -2.57. The summed E-state index contributed by atoms with van der Waals surface area (Å²) in [5.74, 6) is -0.0540. The van der Waals surface area contributed by atoms with E-state index in [1.165, 1.54) is 11.0 Å². The zero-order chi connectivity index (χ0) is 21.3. The van der Waals surface area contributed by atoms with Gasteiger partial charge in [0.15, 0.2) is 0 Å². The molecule has 3 heterocycles. The van der Waals surface area contributed by atoms with Crippen molar-refractivity contribution in [3.8, 4) is 17.3 Å². The minimum absolute atomic E-state index is 0.00737. The standard InChI is InChI=1S/C19H17F3N4O4/c20-19(21,22)14-7-4-8-15(23-14)29-13-10-26(9-12(27)16(13)28)18-25-24-17(30-18)11-5-2-1-3-6-11/h1-8,12-13,16,27-28H,9-10H2/t12-,13-,16-/m0/s1. The fraction of sp³-hybridized carbons (Fsp3) is 0.316. The monoisotopic (exact) mass is 422 g/mol. The molecule has 1 aliphatic rings. The van der Waals surface area contributed by atoms with Crippen LogP contribution >= 0.6 is 0 Å². The highest BCUT2D eigenvalue weighted by Crippen LogP contribution is 2.30. The first-order chi connectivity index (χ1) is 14.3. The average molecular weight is 422 g/mol. The molecule has 0 unspecified atom stereocenters. The highest BCUT2D eigenvalue weighted by Gasteiger charge is 2.39. The second-order valence-electron chi connectivity index (χ2n) is 6.73. The van der Waals surface area contributed by atoms with E-state index in [9.17, 15) is 23.4 Å². The molecular formula is C19H17F3N4O4. The Hall–Kier alpha value is -3.18. The Morgan fingerprint density at radius 1 is 1.00 bits per heavy atom. The number of aliphatic hydroxyl groups is 2. The van der Waals surface area contributed by atoms with Crippen molar-refractivity contribution in [2.45, 2.75) is 24.5 Å². The Bertz CT molecular complexity index is 999. The van der Waals surface area contributed by atoms with Gasteiger partial charge in [-0.3, -0.25) is 0 Å². The summed E-state index contributed by atoms with van der Waals surface area (Å²) in [6, 6.07) is 12.3.